The molecule has 0 radical (unpaired) electrons. The van der Waals surface area contributed by atoms with Crippen LogP contribution in [0.25, 0.3) is 0 Å². The van der Waals surface area contributed by atoms with Crippen LogP contribution in [0.1, 0.15) is 32.1 Å². The third kappa shape index (κ3) is 1.51. The molecule has 4 bridgehead atoms. The highest BCUT2D eigenvalue weighted by Crippen LogP contribution is 2.54. The third-order valence-corrected chi connectivity index (χ3v) is 4.61. The van der Waals surface area contributed by atoms with Gasteiger partial charge >= 0.3 is 0 Å². The average Bonchev–Trinajstić information content (AvgIpc) is 2.22. The van der Waals surface area contributed by atoms with Crippen molar-refractivity contribution in [2.75, 3.05) is 0 Å². The van der Waals surface area contributed by atoms with Gasteiger partial charge in [0, 0.05) is 0 Å². The highest BCUT2D eigenvalue weighted by atomic mass is 15.3. The molecule has 4 aliphatic rings. The maximum atomic E-state index is 5.67. The molecule has 15 heavy (non-hydrogen) atoms. The molecule has 4 heteroatoms. The van der Waals surface area contributed by atoms with Crippen LogP contribution in [0.2, 0.25) is 0 Å². The van der Waals surface area contributed by atoms with Gasteiger partial charge < -0.3 is 5.73 Å². The monoisotopic (exact) mass is 208 g/mol. The largest absolute Gasteiger partial charge is 0.369 e. The molecule has 0 saturated heterocycles. The second kappa shape index (κ2) is 3.37. The summed E-state index contributed by atoms with van der Waals surface area (Å²) < 4.78 is 0. The third-order valence-electron chi connectivity index (χ3n) is 4.61. The van der Waals surface area contributed by atoms with Gasteiger partial charge in [0.1, 0.15) is 0 Å². The Bertz CT molecular complexity index is 258. The van der Waals surface area contributed by atoms with E-state index >= 15 is 0 Å². The summed E-state index contributed by atoms with van der Waals surface area (Å²) in [6.45, 7) is 0. The highest BCUT2D eigenvalue weighted by Gasteiger charge is 2.48. The van der Waals surface area contributed by atoms with Crippen molar-refractivity contribution < 1.29 is 0 Å². The summed E-state index contributed by atoms with van der Waals surface area (Å²) in [5, 5.41) is 0. The summed E-state index contributed by atoms with van der Waals surface area (Å²) in [7, 11) is 0. The summed E-state index contributed by atoms with van der Waals surface area (Å²) in [5.41, 5.74) is 8.12. The minimum absolute atomic E-state index is 0.410. The molecule has 0 spiro atoms. The van der Waals surface area contributed by atoms with Gasteiger partial charge in [0.15, 0.2) is 0 Å². The smallest absolute Gasteiger partial charge is 0.203 e. The second-order valence-electron chi connectivity index (χ2n) is 5.58. The lowest BCUT2D eigenvalue weighted by molar-refractivity contribution is 0.00112. The number of aliphatic imine (C=N–C) groups is 1. The molecular formula is C11H20N4. The van der Waals surface area contributed by atoms with Crippen LogP contribution in [0, 0.1) is 23.7 Å². The van der Waals surface area contributed by atoms with Crippen LogP contribution < -0.4 is 17.0 Å². The lowest BCUT2D eigenvalue weighted by Crippen LogP contribution is -2.49. The van der Waals surface area contributed by atoms with E-state index in [-0.39, 0.29) is 0 Å². The molecule has 4 nitrogen and oxygen atoms in total. The maximum Gasteiger partial charge on any atom is 0.203 e. The number of nitrogens with one attached hydrogen (secondary N) is 1. The molecular weight excluding hydrogens is 188 g/mol. The standard InChI is InChI=1S/C11H20N4/c12-11(15-13)14-10-8-2-6-1-7(4-8)5-9(10)3-6/h6-10H,1-5,13H2,(H3,12,14,15). The molecule has 0 aromatic carbocycles. The van der Waals surface area contributed by atoms with Crippen LogP contribution in [-0.4, -0.2) is 12.0 Å². The summed E-state index contributed by atoms with van der Waals surface area (Å²) in [4.78, 5) is 4.55. The fraction of sp³-hybridized carbons (Fsp3) is 0.909. The van der Waals surface area contributed by atoms with E-state index in [1.54, 1.807) is 0 Å². The molecule has 0 heterocycles. The SMILES string of the molecule is NNC(N)=NC1C2CC3CC(C2)CC1C3. The van der Waals surface area contributed by atoms with Gasteiger partial charge in [-0.25, -0.2) is 10.8 Å². The maximum absolute atomic E-state index is 5.67. The molecule has 0 aliphatic heterocycles. The van der Waals surface area contributed by atoms with Crippen molar-refractivity contribution >= 4 is 5.96 Å². The summed E-state index contributed by atoms with van der Waals surface area (Å²) >= 11 is 0. The van der Waals surface area contributed by atoms with Gasteiger partial charge in [-0.05, 0) is 55.8 Å². The molecule has 4 saturated carbocycles. The Morgan fingerprint density at radius 1 is 1.00 bits per heavy atom. The Morgan fingerprint density at radius 2 is 1.53 bits per heavy atom. The quantitative estimate of drug-likeness (QED) is 0.255. The van der Waals surface area contributed by atoms with Gasteiger partial charge in [0.05, 0.1) is 6.04 Å². The van der Waals surface area contributed by atoms with E-state index in [1.165, 1.54) is 32.1 Å². The fourth-order valence-electron chi connectivity index (χ4n) is 4.31. The Balaban J connectivity index is 1.80. The lowest BCUT2D eigenvalue weighted by atomic mass is 9.54. The Labute approximate surface area is 90.5 Å². The lowest BCUT2D eigenvalue weighted by Gasteiger charge is -2.53. The minimum atomic E-state index is 0.410. The van der Waals surface area contributed by atoms with Gasteiger partial charge in [-0.15, -0.1) is 0 Å². The molecule has 4 fully saturated rings. The van der Waals surface area contributed by atoms with Crippen molar-refractivity contribution in [2.24, 2.45) is 40.2 Å². The first-order valence-corrected chi connectivity index (χ1v) is 6.06. The Kier molecular flexibility index (Phi) is 2.12. The zero-order valence-electron chi connectivity index (χ0n) is 9.02. The number of nitrogens with two attached hydrogens (primary N) is 2. The molecule has 0 aromatic rings. The Morgan fingerprint density at radius 3 is 2.00 bits per heavy atom. The van der Waals surface area contributed by atoms with Crippen LogP contribution in [0.15, 0.2) is 4.99 Å². The van der Waals surface area contributed by atoms with E-state index < -0.39 is 0 Å². The zero-order chi connectivity index (χ0) is 10.4. The predicted octanol–water partition coefficient (Wildman–Crippen LogP) is 0.589. The van der Waals surface area contributed by atoms with E-state index in [1.807, 2.05) is 0 Å². The van der Waals surface area contributed by atoms with Crippen molar-refractivity contribution in [1.82, 2.24) is 5.43 Å². The molecule has 0 aromatic heterocycles. The number of hydrogen-bond donors (Lipinski definition) is 3. The Hall–Kier alpha value is -0.770. The molecule has 4 aliphatic carbocycles. The van der Waals surface area contributed by atoms with Crippen LogP contribution in [0.3, 0.4) is 0 Å². The van der Waals surface area contributed by atoms with Gasteiger partial charge in [0.25, 0.3) is 0 Å². The second-order valence-corrected chi connectivity index (χ2v) is 5.58. The molecule has 4 rings (SSSR count). The van der Waals surface area contributed by atoms with Crippen molar-refractivity contribution in [2.45, 2.75) is 38.1 Å². The number of guanidine groups is 1. The molecule has 84 valence electrons. The zero-order valence-corrected chi connectivity index (χ0v) is 9.02. The van der Waals surface area contributed by atoms with Crippen LogP contribution >= 0.6 is 0 Å². The predicted molar refractivity (Wildman–Crippen MR) is 59.8 cm³/mol. The minimum Gasteiger partial charge on any atom is -0.369 e. The van der Waals surface area contributed by atoms with E-state index in [9.17, 15) is 0 Å². The van der Waals surface area contributed by atoms with Crippen molar-refractivity contribution in [3.8, 4) is 0 Å². The molecule has 5 N–H and O–H groups in total. The normalized spacial score (nSPS) is 48.3. The summed E-state index contributed by atoms with van der Waals surface area (Å²) in [6.07, 6.45) is 6.98. The van der Waals surface area contributed by atoms with Crippen LogP contribution in [0.5, 0.6) is 0 Å². The summed E-state index contributed by atoms with van der Waals surface area (Å²) in [5.74, 6) is 9.23. The van der Waals surface area contributed by atoms with Crippen LogP contribution in [0.4, 0.5) is 0 Å². The van der Waals surface area contributed by atoms with E-state index in [0.29, 0.717) is 12.0 Å². The topological polar surface area (TPSA) is 76.4 Å². The van der Waals surface area contributed by atoms with Gasteiger partial charge in [-0.3, -0.25) is 5.43 Å². The van der Waals surface area contributed by atoms with Gasteiger partial charge in [0.2, 0.25) is 5.96 Å². The van der Waals surface area contributed by atoms with E-state index in [0.717, 1.165) is 23.7 Å². The van der Waals surface area contributed by atoms with Crippen molar-refractivity contribution in [3.05, 3.63) is 0 Å². The number of nitrogens with zero attached hydrogens (tertiary/aromatic N) is 1. The first-order valence-electron chi connectivity index (χ1n) is 6.06. The number of hydrazine groups is 1. The summed E-state index contributed by atoms with van der Waals surface area (Å²) in [6, 6.07) is 0.453. The fourth-order valence-corrected chi connectivity index (χ4v) is 4.31. The molecule has 0 amide bonds. The van der Waals surface area contributed by atoms with Gasteiger partial charge in [-0.2, -0.15) is 0 Å². The first-order chi connectivity index (χ1) is 7.26. The molecule has 0 unspecified atom stereocenters. The van der Waals surface area contributed by atoms with Crippen molar-refractivity contribution in [1.29, 1.82) is 0 Å². The van der Waals surface area contributed by atoms with Crippen molar-refractivity contribution in [3.63, 3.8) is 0 Å². The number of rotatable bonds is 1. The number of hydrogen-bond acceptors (Lipinski definition) is 2. The highest BCUT2D eigenvalue weighted by molar-refractivity contribution is 5.77. The molecule has 0 atom stereocenters. The van der Waals surface area contributed by atoms with Gasteiger partial charge in [-0.1, -0.05) is 0 Å². The van der Waals surface area contributed by atoms with Crippen LogP contribution in [-0.2, 0) is 0 Å². The van der Waals surface area contributed by atoms with E-state index in [4.69, 9.17) is 11.6 Å². The first kappa shape index (κ1) is 9.46. The van der Waals surface area contributed by atoms with E-state index in [2.05, 4.69) is 10.4 Å². The average molecular weight is 208 g/mol.